The van der Waals surface area contributed by atoms with Crippen molar-refractivity contribution in [3.05, 3.63) is 29.8 Å². The van der Waals surface area contributed by atoms with Gasteiger partial charge in [0.05, 0.1) is 0 Å². The number of carboxylic acid groups (broad SMARTS) is 1. The number of carbonyl (C=O) groups is 3. The van der Waals surface area contributed by atoms with Gasteiger partial charge in [-0.1, -0.05) is 6.07 Å². The van der Waals surface area contributed by atoms with E-state index in [1.54, 1.807) is 18.2 Å². The first-order valence-corrected chi connectivity index (χ1v) is 9.59. The van der Waals surface area contributed by atoms with Gasteiger partial charge in [-0.25, -0.2) is 13.6 Å². The van der Waals surface area contributed by atoms with Crippen molar-refractivity contribution >= 4 is 23.5 Å². The summed E-state index contributed by atoms with van der Waals surface area (Å²) in [7, 11) is 0. The average Bonchev–Trinajstić information content (AvgIpc) is 2.67. The number of piperidine rings is 1. The summed E-state index contributed by atoms with van der Waals surface area (Å²) in [5.41, 5.74) is 0.693. The first-order valence-electron chi connectivity index (χ1n) is 9.59. The lowest BCUT2D eigenvalue weighted by molar-refractivity contribution is -0.143. The SMILES string of the molecule is O=C(Nc1cccc(C(=O)N2CCCCC2C(=O)O)c1)C1CCC(F)(F)CC1. The maximum absolute atomic E-state index is 13.3. The summed E-state index contributed by atoms with van der Waals surface area (Å²) in [6.07, 6.45) is 1.60. The number of rotatable bonds is 4. The Morgan fingerprint density at radius 2 is 1.82 bits per heavy atom. The van der Waals surface area contributed by atoms with Crippen LogP contribution in [0.25, 0.3) is 0 Å². The number of nitrogens with zero attached hydrogens (tertiary/aromatic N) is 1. The van der Waals surface area contributed by atoms with E-state index in [4.69, 9.17) is 0 Å². The van der Waals surface area contributed by atoms with Crippen LogP contribution >= 0.6 is 0 Å². The van der Waals surface area contributed by atoms with Crippen LogP contribution in [0.5, 0.6) is 0 Å². The molecule has 1 saturated carbocycles. The molecular formula is C20H24F2N2O4. The van der Waals surface area contributed by atoms with E-state index in [1.807, 2.05) is 0 Å². The Hall–Kier alpha value is -2.51. The highest BCUT2D eigenvalue weighted by molar-refractivity contribution is 5.99. The number of aliphatic carboxylic acids is 1. The third-order valence-electron chi connectivity index (χ3n) is 5.51. The third-order valence-corrected chi connectivity index (χ3v) is 5.51. The quantitative estimate of drug-likeness (QED) is 0.818. The Morgan fingerprint density at radius 1 is 1.11 bits per heavy atom. The van der Waals surface area contributed by atoms with Crippen molar-refractivity contribution in [3.63, 3.8) is 0 Å². The second-order valence-electron chi connectivity index (χ2n) is 7.55. The summed E-state index contributed by atoms with van der Waals surface area (Å²) in [4.78, 5) is 38.0. The molecule has 2 N–H and O–H groups in total. The number of carboxylic acids is 1. The lowest BCUT2D eigenvalue weighted by atomic mass is 9.86. The molecule has 1 aliphatic heterocycles. The molecule has 1 aromatic carbocycles. The highest BCUT2D eigenvalue weighted by Crippen LogP contribution is 2.36. The van der Waals surface area contributed by atoms with Gasteiger partial charge >= 0.3 is 5.97 Å². The first kappa shape index (κ1) is 20.2. The number of benzene rings is 1. The Balaban J connectivity index is 1.67. The van der Waals surface area contributed by atoms with Gasteiger partial charge in [0.2, 0.25) is 11.8 Å². The van der Waals surface area contributed by atoms with Gasteiger partial charge < -0.3 is 15.3 Å². The van der Waals surface area contributed by atoms with Crippen molar-refractivity contribution in [2.24, 2.45) is 5.92 Å². The molecule has 3 rings (SSSR count). The minimum absolute atomic E-state index is 0.130. The van der Waals surface area contributed by atoms with Crippen LogP contribution in [0.15, 0.2) is 24.3 Å². The molecule has 2 fully saturated rings. The molecule has 8 heteroatoms. The number of carbonyl (C=O) groups excluding carboxylic acids is 2. The van der Waals surface area contributed by atoms with Crippen LogP contribution in [-0.2, 0) is 9.59 Å². The molecule has 1 aliphatic carbocycles. The fraction of sp³-hybridized carbons (Fsp3) is 0.550. The molecule has 0 aromatic heterocycles. The number of hydrogen-bond donors (Lipinski definition) is 2. The first-order chi connectivity index (χ1) is 13.3. The number of anilines is 1. The number of halogens is 2. The van der Waals surface area contributed by atoms with Crippen molar-refractivity contribution in [1.82, 2.24) is 4.90 Å². The van der Waals surface area contributed by atoms with Crippen molar-refractivity contribution in [3.8, 4) is 0 Å². The van der Waals surface area contributed by atoms with E-state index < -0.39 is 23.9 Å². The largest absolute Gasteiger partial charge is 0.480 e. The standard InChI is InChI=1S/C20H24F2N2O4/c21-20(22)9-7-13(8-10-20)17(25)23-15-5-3-4-14(12-15)18(26)24-11-2-1-6-16(24)19(27)28/h3-5,12-13,16H,1-2,6-11H2,(H,23,25)(H,27,28). The van der Waals surface area contributed by atoms with Crippen LogP contribution in [0.2, 0.25) is 0 Å². The summed E-state index contributed by atoms with van der Waals surface area (Å²) >= 11 is 0. The summed E-state index contributed by atoms with van der Waals surface area (Å²) in [5, 5.41) is 12.1. The lowest BCUT2D eigenvalue weighted by Gasteiger charge is -2.33. The Labute approximate surface area is 161 Å². The summed E-state index contributed by atoms with van der Waals surface area (Å²) < 4.78 is 26.5. The minimum atomic E-state index is -2.70. The van der Waals surface area contributed by atoms with E-state index in [0.717, 1.165) is 12.8 Å². The van der Waals surface area contributed by atoms with E-state index >= 15 is 0 Å². The van der Waals surface area contributed by atoms with Crippen molar-refractivity contribution in [2.75, 3.05) is 11.9 Å². The smallest absolute Gasteiger partial charge is 0.326 e. The Morgan fingerprint density at radius 3 is 2.50 bits per heavy atom. The predicted octanol–water partition coefficient (Wildman–Crippen LogP) is 3.53. The molecule has 1 atom stereocenters. The van der Waals surface area contributed by atoms with Gasteiger partial charge in [-0.15, -0.1) is 0 Å². The molecule has 28 heavy (non-hydrogen) atoms. The Kier molecular flexibility index (Phi) is 5.96. The number of nitrogens with one attached hydrogen (secondary N) is 1. The van der Waals surface area contributed by atoms with Gasteiger partial charge in [-0.2, -0.15) is 0 Å². The van der Waals surface area contributed by atoms with Crippen LogP contribution in [0.4, 0.5) is 14.5 Å². The molecule has 1 unspecified atom stereocenters. The fourth-order valence-corrected chi connectivity index (χ4v) is 3.87. The third kappa shape index (κ3) is 4.66. The van der Waals surface area contributed by atoms with Crippen LogP contribution in [-0.4, -0.2) is 46.3 Å². The van der Waals surface area contributed by atoms with E-state index in [-0.39, 0.29) is 37.5 Å². The van der Waals surface area contributed by atoms with E-state index in [9.17, 15) is 28.3 Å². The summed E-state index contributed by atoms with van der Waals surface area (Å²) in [5.74, 6) is -4.91. The number of amides is 2. The monoisotopic (exact) mass is 394 g/mol. The highest BCUT2D eigenvalue weighted by Gasteiger charge is 2.37. The maximum atomic E-state index is 13.3. The molecule has 0 spiro atoms. The molecule has 2 aliphatic rings. The molecule has 0 bridgehead atoms. The van der Waals surface area contributed by atoms with Gasteiger partial charge in [0.25, 0.3) is 5.91 Å². The summed E-state index contributed by atoms with van der Waals surface area (Å²) in [6, 6.07) is 5.47. The second-order valence-corrected chi connectivity index (χ2v) is 7.55. The topological polar surface area (TPSA) is 86.7 Å². The number of hydrogen-bond acceptors (Lipinski definition) is 3. The number of likely N-dealkylation sites (tertiary alicyclic amines) is 1. The van der Waals surface area contributed by atoms with E-state index in [0.29, 0.717) is 24.2 Å². The molecule has 2 amide bonds. The molecule has 6 nitrogen and oxygen atoms in total. The molecule has 0 radical (unpaired) electrons. The van der Waals surface area contributed by atoms with Crippen molar-refractivity contribution in [2.45, 2.75) is 56.9 Å². The normalized spacial score (nSPS) is 22.5. The van der Waals surface area contributed by atoms with Crippen LogP contribution in [0, 0.1) is 5.92 Å². The second kappa shape index (κ2) is 8.24. The lowest BCUT2D eigenvalue weighted by Crippen LogP contribution is -2.48. The van der Waals surface area contributed by atoms with Gasteiger partial charge in [0.15, 0.2) is 0 Å². The zero-order valence-electron chi connectivity index (χ0n) is 15.5. The van der Waals surface area contributed by atoms with Gasteiger partial charge in [0.1, 0.15) is 6.04 Å². The van der Waals surface area contributed by atoms with Crippen LogP contribution in [0.3, 0.4) is 0 Å². The molecule has 1 heterocycles. The highest BCUT2D eigenvalue weighted by atomic mass is 19.3. The zero-order valence-corrected chi connectivity index (χ0v) is 15.5. The van der Waals surface area contributed by atoms with Gasteiger partial charge in [0, 0.05) is 36.6 Å². The molecular weight excluding hydrogens is 370 g/mol. The number of alkyl halides is 2. The average molecular weight is 394 g/mol. The van der Waals surface area contributed by atoms with Crippen molar-refractivity contribution in [1.29, 1.82) is 0 Å². The van der Waals surface area contributed by atoms with E-state index in [2.05, 4.69) is 5.32 Å². The molecule has 1 aromatic rings. The van der Waals surface area contributed by atoms with Gasteiger partial charge in [-0.05, 0) is 50.3 Å². The predicted molar refractivity (Wildman–Crippen MR) is 98.3 cm³/mol. The fourth-order valence-electron chi connectivity index (χ4n) is 3.87. The van der Waals surface area contributed by atoms with Crippen LogP contribution < -0.4 is 5.32 Å². The maximum Gasteiger partial charge on any atom is 0.326 e. The van der Waals surface area contributed by atoms with Crippen LogP contribution in [0.1, 0.15) is 55.3 Å². The molecule has 152 valence electrons. The van der Waals surface area contributed by atoms with Gasteiger partial charge in [-0.3, -0.25) is 9.59 Å². The Bertz CT molecular complexity index is 758. The van der Waals surface area contributed by atoms with Crippen molar-refractivity contribution < 1.29 is 28.3 Å². The molecule has 1 saturated heterocycles. The zero-order chi connectivity index (χ0) is 20.3. The van der Waals surface area contributed by atoms with E-state index in [1.165, 1.54) is 11.0 Å². The minimum Gasteiger partial charge on any atom is -0.480 e. The summed E-state index contributed by atoms with van der Waals surface area (Å²) in [6.45, 7) is 0.378.